The molecule has 0 saturated heterocycles. The minimum atomic E-state index is -0.703. The molecule has 1 aromatic carbocycles. The van der Waals surface area contributed by atoms with Crippen LogP contribution in [0.25, 0.3) is 0 Å². The number of H-pyrrole nitrogens is 1. The van der Waals surface area contributed by atoms with E-state index in [0.29, 0.717) is 24.8 Å². The average Bonchev–Trinajstić information content (AvgIpc) is 2.87. The minimum Gasteiger partial charge on any atom is -0.495 e. The third-order valence-corrected chi connectivity index (χ3v) is 3.10. The number of nitrogens with one attached hydrogen (secondary N) is 1. The summed E-state index contributed by atoms with van der Waals surface area (Å²) in [5, 5.41) is 6.16. The molecule has 3 rings (SSSR count). The number of nitrogens with zero attached hydrogens (tertiary/aromatic N) is 3. The number of hydrogen-bond acceptors (Lipinski definition) is 5. The summed E-state index contributed by atoms with van der Waals surface area (Å²) in [5.41, 5.74) is -0.469. The lowest BCUT2D eigenvalue weighted by Crippen LogP contribution is -2.36. The average molecular weight is 260 g/mol. The second kappa shape index (κ2) is 4.27. The first-order valence-electron chi connectivity index (χ1n) is 5.82. The van der Waals surface area contributed by atoms with Crippen molar-refractivity contribution in [3.8, 4) is 5.75 Å². The number of hydrogen-bond donors (Lipinski definition) is 1. The number of fused-ring (bicyclic) bond motifs is 1. The number of rotatable bonds is 2. The van der Waals surface area contributed by atoms with Crippen LogP contribution in [0.4, 0.5) is 11.6 Å². The third-order valence-electron chi connectivity index (χ3n) is 3.10. The normalized spacial score (nSPS) is 13.4. The largest absolute Gasteiger partial charge is 0.495 e. The fourth-order valence-corrected chi connectivity index (χ4v) is 2.21. The molecule has 0 bridgehead atoms. The summed E-state index contributed by atoms with van der Waals surface area (Å²) < 4.78 is 6.66. The summed E-state index contributed by atoms with van der Waals surface area (Å²) in [4.78, 5) is 24.8. The molecule has 0 spiro atoms. The maximum absolute atomic E-state index is 11.7. The quantitative estimate of drug-likeness (QED) is 0.774. The van der Waals surface area contributed by atoms with Crippen molar-refractivity contribution in [1.29, 1.82) is 0 Å². The zero-order chi connectivity index (χ0) is 13.4. The van der Waals surface area contributed by atoms with E-state index in [2.05, 4.69) is 10.2 Å². The lowest BCUT2D eigenvalue weighted by molar-refractivity contribution is 0.415. The summed E-state index contributed by atoms with van der Waals surface area (Å²) in [7, 11) is 1.59. The Labute approximate surface area is 108 Å². The summed E-state index contributed by atoms with van der Waals surface area (Å²) in [6.45, 7) is 1.00. The van der Waals surface area contributed by atoms with Crippen molar-refractivity contribution in [2.45, 2.75) is 6.54 Å². The van der Waals surface area contributed by atoms with Crippen LogP contribution in [0.2, 0.25) is 0 Å². The van der Waals surface area contributed by atoms with Crippen molar-refractivity contribution in [3.63, 3.8) is 0 Å². The van der Waals surface area contributed by atoms with Crippen molar-refractivity contribution in [1.82, 2.24) is 14.8 Å². The second-order valence-corrected chi connectivity index (χ2v) is 4.13. The van der Waals surface area contributed by atoms with Crippen molar-refractivity contribution < 1.29 is 4.74 Å². The topological polar surface area (TPSA) is 80.2 Å². The van der Waals surface area contributed by atoms with Crippen LogP contribution in [-0.4, -0.2) is 28.4 Å². The Bertz CT molecular complexity index is 734. The molecule has 1 N–H and O–H groups in total. The van der Waals surface area contributed by atoms with E-state index in [1.165, 1.54) is 4.57 Å². The first kappa shape index (κ1) is 11.5. The maximum atomic E-state index is 11.7. The van der Waals surface area contributed by atoms with E-state index >= 15 is 0 Å². The molecule has 0 unspecified atom stereocenters. The highest BCUT2D eigenvalue weighted by Gasteiger charge is 2.25. The smallest absolute Gasteiger partial charge is 0.330 e. The lowest BCUT2D eigenvalue weighted by atomic mass is 10.2. The first-order valence-corrected chi connectivity index (χ1v) is 5.82. The predicted molar refractivity (Wildman–Crippen MR) is 69.1 cm³/mol. The number of ether oxygens (including phenoxy) is 1. The Morgan fingerprint density at radius 3 is 2.84 bits per heavy atom. The predicted octanol–water partition coefficient (Wildman–Crippen LogP) is 0.0919. The van der Waals surface area contributed by atoms with E-state index in [9.17, 15) is 9.59 Å². The molecule has 1 aliphatic rings. The molecule has 7 nitrogen and oxygen atoms in total. The highest BCUT2D eigenvalue weighted by Crippen LogP contribution is 2.33. The molecular formula is C12H12N4O3. The summed E-state index contributed by atoms with van der Waals surface area (Å²) in [5.74, 6) is 1.12. The minimum absolute atomic E-state index is 0.425. The van der Waals surface area contributed by atoms with Gasteiger partial charge in [0.2, 0.25) is 5.95 Å². The number of aromatic nitrogens is 3. The molecule has 1 aromatic heterocycles. The van der Waals surface area contributed by atoms with Crippen LogP contribution in [-0.2, 0) is 6.54 Å². The van der Waals surface area contributed by atoms with Gasteiger partial charge in [0.1, 0.15) is 5.75 Å². The van der Waals surface area contributed by atoms with Gasteiger partial charge in [-0.05, 0) is 12.1 Å². The van der Waals surface area contributed by atoms with E-state index in [4.69, 9.17) is 4.74 Å². The second-order valence-electron chi connectivity index (χ2n) is 4.13. The van der Waals surface area contributed by atoms with Crippen LogP contribution in [0, 0.1) is 0 Å². The van der Waals surface area contributed by atoms with Gasteiger partial charge in [-0.15, -0.1) is 5.10 Å². The molecule has 0 saturated carbocycles. The van der Waals surface area contributed by atoms with Crippen molar-refractivity contribution >= 4 is 11.6 Å². The molecule has 0 atom stereocenters. The molecule has 0 fully saturated rings. The van der Waals surface area contributed by atoms with Crippen molar-refractivity contribution in [2.24, 2.45) is 0 Å². The number of methoxy groups -OCH3 is 1. The molecule has 19 heavy (non-hydrogen) atoms. The number of aromatic amines is 1. The number of anilines is 2. The van der Waals surface area contributed by atoms with Crippen molar-refractivity contribution in [2.75, 3.05) is 18.6 Å². The summed E-state index contributed by atoms with van der Waals surface area (Å²) in [6.07, 6.45) is 0. The fourth-order valence-electron chi connectivity index (χ4n) is 2.21. The van der Waals surface area contributed by atoms with Crippen LogP contribution in [0.3, 0.4) is 0 Å². The fraction of sp³-hybridized carbons (Fsp3) is 0.250. The molecule has 1 aliphatic heterocycles. The van der Waals surface area contributed by atoms with Gasteiger partial charge in [0.15, 0.2) is 0 Å². The SMILES string of the molecule is COc1ccccc1N1CCn2c1n[nH]c(=O)c2=O. The van der Waals surface area contributed by atoms with Gasteiger partial charge in [0, 0.05) is 13.1 Å². The van der Waals surface area contributed by atoms with Crippen LogP contribution < -0.4 is 20.8 Å². The third kappa shape index (κ3) is 1.70. The molecule has 2 heterocycles. The zero-order valence-electron chi connectivity index (χ0n) is 10.3. The number of para-hydroxylation sites is 2. The molecule has 0 amide bonds. The van der Waals surface area contributed by atoms with E-state index in [0.717, 1.165) is 5.69 Å². The van der Waals surface area contributed by atoms with Gasteiger partial charge in [-0.2, -0.15) is 0 Å². The summed E-state index contributed by atoms with van der Waals surface area (Å²) in [6, 6.07) is 7.46. The highest BCUT2D eigenvalue weighted by molar-refractivity contribution is 5.66. The Hall–Kier alpha value is -2.57. The zero-order valence-corrected chi connectivity index (χ0v) is 10.3. The standard InChI is InChI=1S/C12H12N4O3/c1-19-9-5-3-2-4-8(9)15-6-7-16-11(18)10(17)13-14-12(15)16/h2-5H,6-7H2,1H3,(H,13,17). The van der Waals surface area contributed by atoms with E-state index < -0.39 is 11.1 Å². The Morgan fingerprint density at radius 1 is 1.26 bits per heavy atom. The van der Waals surface area contributed by atoms with E-state index in [1.807, 2.05) is 29.2 Å². The lowest BCUT2D eigenvalue weighted by Gasteiger charge is -2.19. The Kier molecular flexibility index (Phi) is 2.59. The monoisotopic (exact) mass is 260 g/mol. The first-order chi connectivity index (χ1) is 9.22. The Balaban J connectivity index is 2.15. The van der Waals surface area contributed by atoms with Gasteiger partial charge in [0.05, 0.1) is 12.8 Å². The van der Waals surface area contributed by atoms with E-state index in [1.54, 1.807) is 7.11 Å². The van der Waals surface area contributed by atoms with Gasteiger partial charge >= 0.3 is 11.1 Å². The van der Waals surface area contributed by atoms with Gasteiger partial charge in [-0.25, -0.2) is 5.10 Å². The van der Waals surface area contributed by atoms with Crippen LogP contribution in [0.1, 0.15) is 0 Å². The molecule has 2 aromatic rings. The Morgan fingerprint density at radius 2 is 2.05 bits per heavy atom. The van der Waals surface area contributed by atoms with Crippen molar-refractivity contribution in [3.05, 3.63) is 45.0 Å². The molecule has 0 aliphatic carbocycles. The highest BCUT2D eigenvalue weighted by atomic mass is 16.5. The van der Waals surface area contributed by atoms with Gasteiger partial charge in [0.25, 0.3) is 0 Å². The molecule has 98 valence electrons. The molecule has 0 radical (unpaired) electrons. The summed E-state index contributed by atoms with van der Waals surface area (Å²) >= 11 is 0. The van der Waals surface area contributed by atoms with Crippen LogP contribution in [0.15, 0.2) is 33.9 Å². The van der Waals surface area contributed by atoms with Gasteiger partial charge in [-0.1, -0.05) is 12.1 Å². The van der Waals surface area contributed by atoms with Crippen LogP contribution in [0.5, 0.6) is 5.75 Å². The van der Waals surface area contributed by atoms with Gasteiger partial charge in [-0.3, -0.25) is 14.2 Å². The molecule has 7 heteroatoms. The van der Waals surface area contributed by atoms with Crippen LogP contribution >= 0.6 is 0 Å². The maximum Gasteiger partial charge on any atom is 0.330 e. The van der Waals surface area contributed by atoms with Gasteiger partial charge < -0.3 is 9.64 Å². The number of benzene rings is 1. The van der Waals surface area contributed by atoms with E-state index in [-0.39, 0.29) is 0 Å². The molecular weight excluding hydrogens is 248 g/mol.